The molecular weight excluding hydrogens is 456 g/mol. The maximum Gasteiger partial charge on any atom is 0.246 e. The number of aromatic nitrogens is 2. The fourth-order valence-corrected chi connectivity index (χ4v) is 5.12. The number of nitrogens with two attached hydrogens (primary N) is 1. The van der Waals surface area contributed by atoms with Crippen LogP contribution in [0.25, 0.3) is 0 Å². The molecule has 0 spiro atoms. The lowest BCUT2D eigenvalue weighted by atomic mass is 10.0. The van der Waals surface area contributed by atoms with Crippen molar-refractivity contribution < 1.29 is 14.3 Å². The monoisotopic (exact) mass is 484 g/mol. The van der Waals surface area contributed by atoms with Crippen LogP contribution in [0.4, 0.5) is 11.6 Å². The summed E-state index contributed by atoms with van der Waals surface area (Å²) >= 11 is 0. The van der Waals surface area contributed by atoms with Crippen molar-refractivity contribution >= 4 is 23.3 Å². The number of amides is 1. The minimum Gasteiger partial charge on any atom is -0.497 e. The molecule has 4 N–H and O–H groups in total. The van der Waals surface area contributed by atoms with Gasteiger partial charge < -0.3 is 25.4 Å². The third-order valence-electron chi connectivity index (χ3n) is 6.81. The molecule has 2 fully saturated rings. The number of piperidine rings is 1. The zero-order valence-electron chi connectivity index (χ0n) is 20.0. The Morgan fingerprint density at radius 1 is 1.17 bits per heavy atom. The molecule has 1 aliphatic heterocycles. The van der Waals surface area contributed by atoms with E-state index in [-0.39, 0.29) is 29.5 Å². The van der Waals surface area contributed by atoms with Gasteiger partial charge in [0.15, 0.2) is 0 Å². The SMILES string of the molecule is C=CC(=O)N1CC2CC(Nc3ncnc(N)c3C(=N)c3ccc(Oc4cccc(OC)c4)cc3)C1C2. The van der Waals surface area contributed by atoms with E-state index in [1.165, 1.54) is 12.4 Å². The number of nitrogen functional groups attached to an aromatic ring is 1. The summed E-state index contributed by atoms with van der Waals surface area (Å²) < 4.78 is 11.2. The lowest BCUT2D eigenvalue weighted by molar-refractivity contribution is -0.127. The number of methoxy groups -OCH3 is 1. The van der Waals surface area contributed by atoms with Crippen molar-refractivity contribution in [2.45, 2.75) is 24.9 Å². The molecule has 9 nitrogen and oxygen atoms in total. The first kappa shape index (κ1) is 23.3. The number of hydrogen-bond donors (Lipinski definition) is 3. The van der Waals surface area contributed by atoms with Gasteiger partial charge in [0.1, 0.15) is 35.2 Å². The molecule has 1 saturated carbocycles. The predicted molar refractivity (Wildman–Crippen MR) is 138 cm³/mol. The number of likely N-dealkylation sites (tertiary alicyclic amines) is 1. The maximum absolute atomic E-state index is 12.3. The number of carbonyl (C=O) groups excluding carboxylic acids is 1. The molecule has 1 aromatic heterocycles. The van der Waals surface area contributed by atoms with E-state index in [4.69, 9.17) is 20.6 Å². The summed E-state index contributed by atoms with van der Waals surface area (Å²) in [5, 5.41) is 12.3. The summed E-state index contributed by atoms with van der Waals surface area (Å²) in [6, 6.07) is 14.6. The van der Waals surface area contributed by atoms with Crippen LogP contribution >= 0.6 is 0 Å². The number of ether oxygens (including phenoxy) is 2. The van der Waals surface area contributed by atoms with Crippen LogP contribution in [0.1, 0.15) is 24.0 Å². The topological polar surface area (TPSA) is 126 Å². The molecule has 2 heterocycles. The van der Waals surface area contributed by atoms with Crippen LogP contribution in [0, 0.1) is 11.3 Å². The van der Waals surface area contributed by atoms with Crippen molar-refractivity contribution in [3.8, 4) is 17.2 Å². The van der Waals surface area contributed by atoms with Crippen LogP contribution in [0.3, 0.4) is 0 Å². The highest BCUT2D eigenvalue weighted by Crippen LogP contribution is 2.40. The molecule has 3 atom stereocenters. The van der Waals surface area contributed by atoms with Gasteiger partial charge in [0.2, 0.25) is 5.91 Å². The number of benzene rings is 2. The van der Waals surface area contributed by atoms with E-state index < -0.39 is 0 Å². The van der Waals surface area contributed by atoms with Gasteiger partial charge in [-0.25, -0.2) is 9.97 Å². The van der Waals surface area contributed by atoms with Crippen molar-refractivity contribution in [3.05, 3.63) is 78.6 Å². The van der Waals surface area contributed by atoms with Gasteiger partial charge >= 0.3 is 0 Å². The molecule has 1 aliphatic carbocycles. The number of nitrogens with zero attached hydrogens (tertiary/aromatic N) is 3. The van der Waals surface area contributed by atoms with Crippen molar-refractivity contribution in [1.29, 1.82) is 5.41 Å². The quantitative estimate of drug-likeness (QED) is 0.327. The summed E-state index contributed by atoms with van der Waals surface area (Å²) in [5.74, 6) is 3.08. The largest absolute Gasteiger partial charge is 0.497 e. The van der Waals surface area contributed by atoms with E-state index >= 15 is 0 Å². The molecule has 1 amide bonds. The van der Waals surface area contributed by atoms with E-state index in [2.05, 4.69) is 21.9 Å². The number of fused-ring (bicyclic) bond motifs is 2. The Hall–Kier alpha value is -4.40. The predicted octanol–water partition coefficient (Wildman–Crippen LogP) is 3.86. The summed E-state index contributed by atoms with van der Waals surface area (Å²) in [6.07, 6.45) is 4.63. The number of hydrogen-bond acceptors (Lipinski definition) is 8. The van der Waals surface area contributed by atoms with Crippen LogP contribution in [0.2, 0.25) is 0 Å². The zero-order chi connectivity index (χ0) is 25.2. The highest BCUT2D eigenvalue weighted by molar-refractivity contribution is 6.16. The average molecular weight is 485 g/mol. The smallest absolute Gasteiger partial charge is 0.246 e. The van der Waals surface area contributed by atoms with Gasteiger partial charge in [0.25, 0.3) is 0 Å². The number of carbonyl (C=O) groups is 1. The molecule has 9 heteroatoms. The molecule has 2 aromatic carbocycles. The minimum absolute atomic E-state index is 0.0205. The van der Waals surface area contributed by atoms with Gasteiger partial charge in [-0.2, -0.15) is 0 Å². The normalized spacial score (nSPS) is 20.1. The summed E-state index contributed by atoms with van der Waals surface area (Å²) in [6.45, 7) is 4.38. The molecule has 3 unspecified atom stereocenters. The second-order valence-corrected chi connectivity index (χ2v) is 9.01. The number of anilines is 2. The highest BCUT2D eigenvalue weighted by atomic mass is 16.5. The van der Waals surface area contributed by atoms with Crippen molar-refractivity contribution in [2.75, 3.05) is 24.7 Å². The van der Waals surface area contributed by atoms with Gasteiger partial charge in [0, 0.05) is 24.2 Å². The first-order chi connectivity index (χ1) is 17.5. The summed E-state index contributed by atoms with van der Waals surface area (Å²) in [4.78, 5) is 22.7. The lowest BCUT2D eigenvalue weighted by Crippen LogP contribution is -2.47. The molecule has 5 rings (SSSR count). The third-order valence-corrected chi connectivity index (χ3v) is 6.81. The van der Waals surface area contributed by atoms with Gasteiger partial charge in [-0.1, -0.05) is 12.6 Å². The average Bonchev–Trinajstić information content (AvgIpc) is 3.49. The molecule has 36 heavy (non-hydrogen) atoms. The van der Waals surface area contributed by atoms with Crippen LogP contribution in [-0.2, 0) is 4.79 Å². The molecular formula is C27H28N6O3. The van der Waals surface area contributed by atoms with Crippen LogP contribution in [0.5, 0.6) is 17.2 Å². The first-order valence-electron chi connectivity index (χ1n) is 11.8. The lowest BCUT2D eigenvalue weighted by Gasteiger charge is -2.33. The molecule has 2 aliphatic rings. The molecule has 2 bridgehead atoms. The standard InChI is InChI=1S/C27H28N6O3/c1-3-23(34)33-14-16-11-21(22(33)12-16)32-27-24(26(29)30-15-31-27)25(28)17-7-9-18(10-8-17)36-20-6-4-5-19(13-20)35-2/h3-10,13,15-16,21-22,28H,1,11-12,14H2,2H3,(H3,29,30,31,32). The molecule has 3 aromatic rings. The second kappa shape index (κ2) is 9.69. The van der Waals surface area contributed by atoms with Gasteiger partial charge in [0.05, 0.1) is 24.4 Å². The summed E-state index contributed by atoms with van der Waals surface area (Å²) in [7, 11) is 1.61. The Balaban J connectivity index is 1.34. The molecule has 1 saturated heterocycles. The Morgan fingerprint density at radius 2 is 1.94 bits per heavy atom. The van der Waals surface area contributed by atoms with Gasteiger partial charge in [-0.3, -0.25) is 10.2 Å². The van der Waals surface area contributed by atoms with E-state index in [0.717, 1.165) is 19.4 Å². The van der Waals surface area contributed by atoms with Crippen molar-refractivity contribution in [1.82, 2.24) is 14.9 Å². The highest BCUT2D eigenvalue weighted by Gasteiger charge is 2.46. The Kier molecular flexibility index (Phi) is 6.28. The fourth-order valence-electron chi connectivity index (χ4n) is 5.12. The van der Waals surface area contributed by atoms with Crippen LogP contribution < -0.4 is 20.5 Å². The second-order valence-electron chi connectivity index (χ2n) is 9.01. The van der Waals surface area contributed by atoms with Crippen LogP contribution in [-0.4, -0.2) is 52.2 Å². The fraction of sp³-hybridized carbons (Fsp3) is 0.259. The number of rotatable bonds is 8. The maximum atomic E-state index is 12.3. The molecule has 184 valence electrons. The van der Waals surface area contributed by atoms with Crippen LogP contribution in [0.15, 0.2) is 67.5 Å². The first-order valence-corrected chi connectivity index (χ1v) is 11.8. The van der Waals surface area contributed by atoms with Crippen molar-refractivity contribution in [2.24, 2.45) is 5.92 Å². The van der Waals surface area contributed by atoms with Gasteiger partial charge in [-0.05, 0) is 61.2 Å². The minimum atomic E-state index is -0.0552. The van der Waals surface area contributed by atoms with E-state index in [9.17, 15) is 4.79 Å². The van der Waals surface area contributed by atoms with Crippen molar-refractivity contribution in [3.63, 3.8) is 0 Å². The third kappa shape index (κ3) is 4.47. The van der Waals surface area contributed by atoms with E-state index in [0.29, 0.717) is 40.1 Å². The molecule has 0 radical (unpaired) electrons. The Morgan fingerprint density at radius 3 is 2.67 bits per heavy atom. The Labute approximate surface area is 209 Å². The zero-order valence-corrected chi connectivity index (χ0v) is 20.0. The Bertz CT molecular complexity index is 1310. The van der Waals surface area contributed by atoms with E-state index in [1.807, 2.05) is 23.1 Å². The number of nitrogens with one attached hydrogen (secondary N) is 2. The van der Waals surface area contributed by atoms with E-state index in [1.54, 1.807) is 37.4 Å². The van der Waals surface area contributed by atoms with Gasteiger partial charge in [-0.15, -0.1) is 0 Å². The summed E-state index contributed by atoms with van der Waals surface area (Å²) in [5.41, 5.74) is 7.50.